The fourth-order valence-corrected chi connectivity index (χ4v) is 2.48. The Morgan fingerprint density at radius 3 is 2.63 bits per heavy atom. The van der Waals surface area contributed by atoms with Crippen molar-refractivity contribution in [1.29, 1.82) is 0 Å². The van der Waals surface area contributed by atoms with E-state index in [0.29, 0.717) is 5.75 Å². The fourth-order valence-electron chi connectivity index (χ4n) is 1.70. The second-order valence-electron chi connectivity index (χ2n) is 4.30. The second-order valence-corrected chi connectivity index (χ2v) is 5.35. The van der Waals surface area contributed by atoms with Crippen LogP contribution in [0.3, 0.4) is 0 Å². The molecule has 3 N–H and O–H groups in total. The summed E-state index contributed by atoms with van der Waals surface area (Å²) >= 11 is 1.67. The highest BCUT2D eigenvalue weighted by Crippen LogP contribution is 2.25. The summed E-state index contributed by atoms with van der Waals surface area (Å²) in [5, 5.41) is 0. The van der Waals surface area contributed by atoms with Crippen LogP contribution in [0, 0.1) is 13.8 Å². The zero-order valence-corrected chi connectivity index (χ0v) is 11.7. The molecule has 4 nitrogen and oxygen atoms in total. The number of hydrogen-bond donors (Lipinski definition) is 2. The molecule has 0 radical (unpaired) electrons. The van der Waals surface area contributed by atoms with Crippen molar-refractivity contribution in [2.75, 3.05) is 0 Å². The van der Waals surface area contributed by atoms with Crippen LogP contribution < -0.4 is 11.3 Å². The van der Waals surface area contributed by atoms with Gasteiger partial charge in [-0.3, -0.25) is 10.2 Å². The molecule has 19 heavy (non-hydrogen) atoms. The third-order valence-electron chi connectivity index (χ3n) is 2.71. The van der Waals surface area contributed by atoms with Gasteiger partial charge < -0.3 is 4.42 Å². The normalized spacial score (nSPS) is 10.5. The molecule has 0 atom stereocenters. The molecule has 1 aromatic heterocycles. The highest BCUT2D eigenvalue weighted by molar-refractivity contribution is 7.98. The molecule has 0 bridgehead atoms. The molecule has 100 valence electrons. The van der Waals surface area contributed by atoms with Gasteiger partial charge in [-0.15, -0.1) is 11.8 Å². The van der Waals surface area contributed by atoms with Crippen LogP contribution in [0.4, 0.5) is 0 Å². The molecular weight excluding hydrogens is 260 g/mol. The van der Waals surface area contributed by atoms with Gasteiger partial charge in [0.15, 0.2) is 5.76 Å². The number of nitrogens with one attached hydrogen (secondary N) is 1. The van der Waals surface area contributed by atoms with E-state index in [1.54, 1.807) is 11.8 Å². The van der Waals surface area contributed by atoms with Gasteiger partial charge >= 0.3 is 5.91 Å². The minimum absolute atomic E-state index is 0.280. The van der Waals surface area contributed by atoms with E-state index in [-0.39, 0.29) is 5.76 Å². The van der Waals surface area contributed by atoms with Crippen molar-refractivity contribution in [2.24, 2.45) is 5.84 Å². The van der Waals surface area contributed by atoms with E-state index in [2.05, 4.69) is 36.6 Å². The summed E-state index contributed by atoms with van der Waals surface area (Å²) in [5.41, 5.74) is 4.11. The molecule has 0 unspecified atom stereocenters. The smallest absolute Gasteiger partial charge is 0.301 e. The summed E-state index contributed by atoms with van der Waals surface area (Å²) in [6.45, 7) is 3.89. The number of carbonyl (C=O) groups excluding carboxylic acids is 1. The predicted molar refractivity (Wildman–Crippen MR) is 75.8 cm³/mol. The van der Waals surface area contributed by atoms with Crippen LogP contribution in [0.15, 0.2) is 39.6 Å². The monoisotopic (exact) mass is 276 g/mol. The van der Waals surface area contributed by atoms with E-state index in [1.165, 1.54) is 10.5 Å². The Bertz CT molecular complexity index is 576. The lowest BCUT2D eigenvalue weighted by Crippen LogP contribution is -2.30. The second kappa shape index (κ2) is 5.95. The predicted octanol–water partition coefficient (Wildman–Crippen LogP) is 2.79. The Hall–Kier alpha value is -1.72. The third kappa shape index (κ3) is 3.39. The molecule has 1 aromatic carbocycles. The van der Waals surface area contributed by atoms with Gasteiger partial charge in [0.2, 0.25) is 0 Å². The molecule has 5 heteroatoms. The summed E-state index contributed by atoms with van der Waals surface area (Å²) < 4.78 is 5.50. The van der Waals surface area contributed by atoms with Crippen molar-refractivity contribution >= 4 is 17.7 Å². The van der Waals surface area contributed by atoms with Crippen LogP contribution in [-0.4, -0.2) is 5.91 Å². The van der Waals surface area contributed by atoms with Crippen molar-refractivity contribution < 1.29 is 9.21 Å². The molecule has 1 amide bonds. The van der Waals surface area contributed by atoms with Crippen LogP contribution in [0.1, 0.15) is 27.4 Å². The van der Waals surface area contributed by atoms with Crippen LogP contribution in [0.5, 0.6) is 0 Å². The van der Waals surface area contributed by atoms with E-state index in [4.69, 9.17) is 10.3 Å². The van der Waals surface area contributed by atoms with Crippen molar-refractivity contribution in [3.05, 3.63) is 53.0 Å². The zero-order chi connectivity index (χ0) is 13.8. The first-order valence-corrected chi connectivity index (χ1v) is 6.88. The highest BCUT2D eigenvalue weighted by Gasteiger charge is 2.14. The number of thioether (sulfide) groups is 1. The Morgan fingerprint density at radius 2 is 2.00 bits per heavy atom. The summed E-state index contributed by atoms with van der Waals surface area (Å²) in [4.78, 5) is 12.6. The number of hydrogen-bond acceptors (Lipinski definition) is 4. The first kappa shape index (κ1) is 13.7. The fraction of sp³-hybridized carbons (Fsp3) is 0.214. The quantitative estimate of drug-likeness (QED) is 0.390. The molecule has 0 aliphatic heterocycles. The molecule has 0 saturated heterocycles. The van der Waals surface area contributed by atoms with Gasteiger partial charge in [0.05, 0.1) is 5.75 Å². The SMILES string of the molecule is Cc1ccc(SCc2cc(C)c(C(=O)NN)o2)cc1. The van der Waals surface area contributed by atoms with E-state index < -0.39 is 5.91 Å². The molecule has 2 rings (SSSR count). The van der Waals surface area contributed by atoms with Gasteiger partial charge in [-0.1, -0.05) is 17.7 Å². The summed E-state index contributed by atoms with van der Waals surface area (Å²) in [6, 6.07) is 10.2. The molecule has 0 saturated carbocycles. The van der Waals surface area contributed by atoms with Gasteiger partial charge in [-0.05, 0) is 32.0 Å². The van der Waals surface area contributed by atoms with Gasteiger partial charge in [0.1, 0.15) is 5.76 Å². The summed E-state index contributed by atoms with van der Waals surface area (Å²) in [6.07, 6.45) is 0. The highest BCUT2D eigenvalue weighted by atomic mass is 32.2. The number of aryl methyl sites for hydroxylation is 2. The van der Waals surface area contributed by atoms with Crippen molar-refractivity contribution in [1.82, 2.24) is 5.43 Å². The average molecular weight is 276 g/mol. The van der Waals surface area contributed by atoms with Crippen LogP contribution in [0.2, 0.25) is 0 Å². The summed E-state index contributed by atoms with van der Waals surface area (Å²) in [7, 11) is 0. The Kier molecular flexibility index (Phi) is 4.29. The maximum absolute atomic E-state index is 11.4. The van der Waals surface area contributed by atoms with Crippen molar-refractivity contribution in [3.8, 4) is 0 Å². The molecule has 0 fully saturated rings. The average Bonchev–Trinajstić information content (AvgIpc) is 2.78. The first-order chi connectivity index (χ1) is 9.10. The molecular formula is C14H16N2O2S. The molecule has 1 heterocycles. The Morgan fingerprint density at radius 1 is 1.32 bits per heavy atom. The number of nitrogens with two attached hydrogens (primary N) is 1. The van der Waals surface area contributed by atoms with Gasteiger partial charge in [-0.25, -0.2) is 5.84 Å². The lowest BCUT2D eigenvalue weighted by molar-refractivity contribution is 0.0923. The number of amides is 1. The van der Waals surface area contributed by atoms with Gasteiger partial charge in [0.25, 0.3) is 0 Å². The number of carbonyl (C=O) groups is 1. The number of benzene rings is 1. The third-order valence-corrected chi connectivity index (χ3v) is 3.74. The van der Waals surface area contributed by atoms with E-state index >= 15 is 0 Å². The zero-order valence-electron chi connectivity index (χ0n) is 10.9. The Balaban J connectivity index is 2.04. The minimum Gasteiger partial charge on any atom is -0.455 e. The van der Waals surface area contributed by atoms with Crippen molar-refractivity contribution in [3.63, 3.8) is 0 Å². The number of hydrazine groups is 1. The molecule has 2 aromatic rings. The van der Waals surface area contributed by atoms with E-state index in [9.17, 15) is 4.79 Å². The standard InChI is InChI=1S/C14H16N2O2S/c1-9-3-5-12(6-4-9)19-8-11-7-10(2)13(18-11)14(17)16-15/h3-7H,8,15H2,1-2H3,(H,16,17). The largest absolute Gasteiger partial charge is 0.455 e. The lowest BCUT2D eigenvalue weighted by Gasteiger charge is -2.00. The molecule has 0 spiro atoms. The van der Waals surface area contributed by atoms with Crippen molar-refractivity contribution in [2.45, 2.75) is 24.5 Å². The number of nitrogen functional groups attached to an aromatic ring is 1. The molecule has 0 aliphatic carbocycles. The lowest BCUT2D eigenvalue weighted by atomic mass is 10.2. The van der Waals surface area contributed by atoms with Crippen LogP contribution in [-0.2, 0) is 5.75 Å². The van der Waals surface area contributed by atoms with Gasteiger partial charge in [-0.2, -0.15) is 0 Å². The minimum atomic E-state index is -0.399. The number of furan rings is 1. The maximum Gasteiger partial charge on any atom is 0.301 e. The van der Waals surface area contributed by atoms with Crippen LogP contribution >= 0.6 is 11.8 Å². The van der Waals surface area contributed by atoms with E-state index in [1.807, 2.05) is 13.0 Å². The first-order valence-electron chi connectivity index (χ1n) is 5.90. The van der Waals surface area contributed by atoms with Crippen LogP contribution in [0.25, 0.3) is 0 Å². The number of rotatable bonds is 4. The topological polar surface area (TPSA) is 68.3 Å². The molecule has 0 aliphatic rings. The van der Waals surface area contributed by atoms with E-state index in [0.717, 1.165) is 11.3 Å². The maximum atomic E-state index is 11.4. The van der Waals surface area contributed by atoms with Gasteiger partial charge in [0, 0.05) is 10.5 Å². The Labute approximate surface area is 116 Å². The summed E-state index contributed by atoms with van der Waals surface area (Å²) in [5.74, 6) is 6.43.